The Kier molecular flexibility index (Phi) is 4.84. The molecule has 2 rings (SSSR count). The fourth-order valence-electron chi connectivity index (χ4n) is 2.58. The lowest BCUT2D eigenvalue weighted by Gasteiger charge is -2.30. The number of rotatable bonds is 3. The highest BCUT2D eigenvalue weighted by Gasteiger charge is 2.53. The zero-order chi connectivity index (χ0) is 15.6. The fourth-order valence-corrected chi connectivity index (χ4v) is 4.28. The van der Waals surface area contributed by atoms with Crippen molar-refractivity contribution < 1.29 is 14.3 Å². The van der Waals surface area contributed by atoms with Crippen molar-refractivity contribution in [3.8, 4) is 0 Å². The van der Waals surface area contributed by atoms with E-state index >= 15 is 0 Å². The fraction of sp³-hybridized carbons (Fsp3) is 0.467. The number of carbonyl (C=O) groups excluding carboxylic acids is 2. The van der Waals surface area contributed by atoms with E-state index in [1.807, 2.05) is 44.2 Å². The maximum atomic E-state index is 12.3. The molecular weight excluding hydrogens is 310 g/mol. The average Bonchev–Trinajstić information content (AvgIpc) is 2.78. The van der Waals surface area contributed by atoms with E-state index in [4.69, 9.17) is 16.3 Å². The summed E-state index contributed by atoms with van der Waals surface area (Å²) in [6, 6.07) is 8.99. The number of esters is 1. The third kappa shape index (κ3) is 3.04. The van der Waals surface area contributed by atoms with E-state index < -0.39 is 16.8 Å². The summed E-state index contributed by atoms with van der Waals surface area (Å²) in [4.78, 5) is 26.0. The first-order valence-corrected chi connectivity index (χ1v) is 8.01. The van der Waals surface area contributed by atoms with Crippen molar-refractivity contribution in [2.75, 3.05) is 13.0 Å². The van der Waals surface area contributed by atoms with Gasteiger partial charge in [-0.05, 0) is 19.4 Å². The van der Waals surface area contributed by atoms with E-state index in [0.29, 0.717) is 0 Å². The zero-order valence-electron chi connectivity index (χ0n) is 12.2. The van der Waals surface area contributed by atoms with Gasteiger partial charge in [0.15, 0.2) is 0 Å². The molecular formula is C15H18ClNO3S. The van der Waals surface area contributed by atoms with Crippen LogP contribution in [0, 0.1) is 0 Å². The van der Waals surface area contributed by atoms with Crippen molar-refractivity contribution in [3.05, 3.63) is 35.9 Å². The van der Waals surface area contributed by atoms with E-state index in [0.717, 1.165) is 5.56 Å². The van der Waals surface area contributed by atoms with Crippen molar-refractivity contribution in [3.63, 3.8) is 0 Å². The van der Waals surface area contributed by atoms with Crippen LogP contribution in [0.1, 0.15) is 24.8 Å². The van der Waals surface area contributed by atoms with Crippen LogP contribution in [0.4, 0.5) is 0 Å². The van der Waals surface area contributed by atoms with E-state index in [2.05, 4.69) is 0 Å². The number of thioether (sulfide) groups is 1. The molecule has 1 fully saturated rings. The summed E-state index contributed by atoms with van der Waals surface area (Å²) in [6.45, 7) is 3.88. The van der Waals surface area contributed by atoms with Gasteiger partial charge in [-0.25, -0.2) is 4.79 Å². The van der Waals surface area contributed by atoms with Gasteiger partial charge in [-0.2, -0.15) is 0 Å². The molecule has 2 atom stereocenters. The van der Waals surface area contributed by atoms with Gasteiger partial charge >= 0.3 is 5.97 Å². The van der Waals surface area contributed by atoms with Crippen LogP contribution in [-0.2, 0) is 14.3 Å². The molecule has 114 valence electrons. The quantitative estimate of drug-likeness (QED) is 0.632. The highest BCUT2D eigenvalue weighted by atomic mass is 35.5. The molecule has 1 aliphatic rings. The molecule has 1 amide bonds. The Bertz CT molecular complexity index is 535. The summed E-state index contributed by atoms with van der Waals surface area (Å²) in [5.41, 5.74) is 0.973. The molecule has 0 aliphatic carbocycles. The first-order valence-electron chi connectivity index (χ1n) is 6.60. The molecule has 4 nitrogen and oxygen atoms in total. The summed E-state index contributed by atoms with van der Waals surface area (Å²) < 4.78 is 4.44. The molecule has 0 N–H and O–H groups in total. The van der Waals surface area contributed by atoms with Crippen LogP contribution in [0.3, 0.4) is 0 Å². The lowest BCUT2D eigenvalue weighted by molar-refractivity contribution is -0.152. The Morgan fingerprint density at radius 1 is 1.33 bits per heavy atom. The largest absolute Gasteiger partial charge is 0.467 e. The van der Waals surface area contributed by atoms with Gasteiger partial charge in [-0.15, -0.1) is 23.4 Å². The second-order valence-electron chi connectivity index (χ2n) is 5.34. The van der Waals surface area contributed by atoms with E-state index in [1.54, 1.807) is 16.7 Å². The maximum Gasteiger partial charge on any atom is 0.330 e. The van der Waals surface area contributed by atoms with Crippen LogP contribution in [-0.4, -0.2) is 40.6 Å². The maximum absolute atomic E-state index is 12.3. The SMILES string of the molecule is COC(=O)[C@H]1N(C(=O)CCl)[C@H](c2ccccc2)SC1(C)C. The van der Waals surface area contributed by atoms with E-state index in [-0.39, 0.29) is 17.2 Å². The lowest BCUT2D eigenvalue weighted by atomic mass is 10.0. The minimum absolute atomic E-state index is 0.159. The van der Waals surface area contributed by atoms with Crippen molar-refractivity contribution in [1.29, 1.82) is 0 Å². The number of carbonyl (C=O) groups is 2. The molecule has 0 spiro atoms. The molecule has 0 unspecified atom stereocenters. The summed E-state index contributed by atoms with van der Waals surface area (Å²) in [6.07, 6.45) is 0. The molecule has 1 saturated heterocycles. The highest BCUT2D eigenvalue weighted by Crippen LogP contribution is 2.52. The normalized spacial score (nSPS) is 23.9. The molecule has 1 heterocycles. The monoisotopic (exact) mass is 327 g/mol. The number of halogens is 1. The van der Waals surface area contributed by atoms with Gasteiger partial charge in [0, 0.05) is 4.75 Å². The number of hydrogen-bond acceptors (Lipinski definition) is 4. The molecule has 1 aromatic carbocycles. The van der Waals surface area contributed by atoms with Crippen LogP contribution in [0.5, 0.6) is 0 Å². The number of methoxy groups -OCH3 is 1. The van der Waals surface area contributed by atoms with Gasteiger partial charge in [0.05, 0.1) is 7.11 Å². The summed E-state index contributed by atoms with van der Waals surface area (Å²) in [7, 11) is 1.34. The number of benzene rings is 1. The van der Waals surface area contributed by atoms with Crippen LogP contribution >= 0.6 is 23.4 Å². The predicted molar refractivity (Wildman–Crippen MR) is 84.2 cm³/mol. The molecule has 1 aliphatic heterocycles. The molecule has 0 saturated carbocycles. The molecule has 0 aromatic heterocycles. The Balaban J connectivity index is 2.46. The number of hydrogen-bond donors (Lipinski definition) is 0. The molecule has 1 aromatic rings. The molecule has 6 heteroatoms. The third-order valence-corrected chi connectivity index (χ3v) is 5.30. The topological polar surface area (TPSA) is 46.6 Å². The number of amides is 1. The average molecular weight is 328 g/mol. The predicted octanol–water partition coefficient (Wildman–Crippen LogP) is 2.82. The number of alkyl halides is 1. The van der Waals surface area contributed by atoms with Gasteiger partial charge < -0.3 is 9.64 Å². The van der Waals surface area contributed by atoms with Gasteiger partial charge in [0.25, 0.3) is 0 Å². The standard InChI is InChI=1S/C15H18ClNO3S/c1-15(2)12(14(19)20-3)17(11(18)9-16)13(21-15)10-7-5-4-6-8-10/h4-8,12-13H,9H2,1-3H3/t12-,13+/m1/s1. The van der Waals surface area contributed by atoms with Gasteiger partial charge in [-0.3, -0.25) is 4.79 Å². The molecule has 0 bridgehead atoms. The zero-order valence-corrected chi connectivity index (χ0v) is 13.8. The smallest absolute Gasteiger partial charge is 0.330 e. The Labute approximate surface area is 133 Å². The second-order valence-corrected chi connectivity index (χ2v) is 7.35. The van der Waals surface area contributed by atoms with Gasteiger partial charge in [0.2, 0.25) is 5.91 Å². The van der Waals surface area contributed by atoms with Gasteiger partial charge in [0.1, 0.15) is 17.3 Å². The van der Waals surface area contributed by atoms with Crippen LogP contribution in [0.2, 0.25) is 0 Å². The number of ether oxygens (including phenoxy) is 1. The summed E-state index contributed by atoms with van der Waals surface area (Å²) >= 11 is 7.31. The number of nitrogens with zero attached hydrogens (tertiary/aromatic N) is 1. The van der Waals surface area contributed by atoms with E-state index in [1.165, 1.54) is 7.11 Å². The minimum Gasteiger partial charge on any atom is -0.467 e. The van der Waals surface area contributed by atoms with Gasteiger partial charge in [-0.1, -0.05) is 30.3 Å². The first-order chi connectivity index (χ1) is 9.92. The van der Waals surface area contributed by atoms with Crippen molar-refractivity contribution in [2.24, 2.45) is 0 Å². The summed E-state index contributed by atoms with van der Waals surface area (Å²) in [5.74, 6) is -0.837. The lowest BCUT2D eigenvalue weighted by Crippen LogP contribution is -2.50. The minimum atomic E-state index is -0.649. The van der Waals surface area contributed by atoms with Crippen LogP contribution < -0.4 is 0 Å². The highest BCUT2D eigenvalue weighted by molar-refractivity contribution is 8.01. The van der Waals surface area contributed by atoms with Crippen molar-refractivity contribution in [2.45, 2.75) is 30.0 Å². The molecule has 0 radical (unpaired) electrons. The van der Waals surface area contributed by atoms with Crippen LogP contribution in [0.15, 0.2) is 30.3 Å². The van der Waals surface area contributed by atoms with E-state index in [9.17, 15) is 9.59 Å². The Hall–Kier alpha value is -1.20. The Morgan fingerprint density at radius 2 is 1.95 bits per heavy atom. The van der Waals surface area contributed by atoms with Crippen LogP contribution in [0.25, 0.3) is 0 Å². The third-order valence-electron chi connectivity index (χ3n) is 3.52. The van der Waals surface area contributed by atoms with Crippen molar-refractivity contribution >= 4 is 35.2 Å². The molecule has 21 heavy (non-hydrogen) atoms. The first kappa shape index (κ1) is 16.2. The summed E-state index contributed by atoms with van der Waals surface area (Å²) in [5, 5.41) is -0.239. The second kappa shape index (κ2) is 6.28. The van der Waals surface area contributed by atoms with Crippen molar-refractivity contribution in [1.82, 2.24) is 4.90 Å². The Morgan fingerprint density at radius 3 is 2.48 bits per heavy atom.